The fraction of sp³-hybridized carbons (Fsp3) is 0.444. The van der Waals surface area contributed by atoms with E-state index in [9.17, 15) is 17.6 Å². The molecule has 0 bridgehead atoms. The van der Waals surface area contributed by atoms with Crippen molar-refractivity contribution in [3.8, 4) is 0 Å². The lowest BCUT2D eigenvalue weighted by molar-refractivity contribution is -0.117. The molecule has 0 aromatic carbocycles. The third kappa shape index (κ3) is 2.55. The van der Waals surface area contributed by atoms with Crippen LogP contribution in [0.3, 0.4) is 0 Å². The second-order valence-corrected chi connectivity index (χ2v) is 4.12. The van der Waals surface area contributed by atoms with Crippen LogP contribution < -0.4 is 5.32 Å². The molecule has 0 aliphatic heterocycles. The van der Waals surface area contributed by atoms with Gasteiger partial charge >= 0.3 is 12.3 Å². The number of nitrogens with zero attached hydrogens (tertiary/aromatic N) is 4. The van der Waals surface area contributed by atoms with Crippen molar-refractivity contribution in [2.75, 3.05) is 11.9 Å². The van der Waals surface area contributed by atoms with Crippen molar-refractivity contribution in [1.29, 1.82) is 0 Å². The fourth-order valence-corrected chi connectivity index (χ4v) is 1.55. The Morgan fingerprint density at radius 2 is 2.16 bits per heavy atom. The molecule has 2 aromatic heterocycles. The highest BCUT2D eigenvalue weighted by Crippen LogP contribution is 2.26. The third-order valence-corrected chi connectivity index (χ3v) is 2.78. The molecule has 0 spiro atoms. The van der Waals surface area contributed by atoms with Gasteiger partial charge in [0.25, 0.3) is 5.78 Å². The Bertz CT molecular complexity index is 600. The van der Waals surface area contributed by atoms with Gasteiger partial charge in [0.1, 0.15) is 17.3 Å². The number of hydrogen-bond acceptors (Lipinski definition) is 4. The zero-order valence-electron chi connectivity index (χ0n) is 9.54. The van der Waals surface area contributed by atoms with Crippen molar-refractivity contribution in [2.45, 2.75) is 19.3 Å². The molecule has 0 fully saturated rings. The molecule has 5 nitrogen and oxygen atoms in total. The smallest absolute Gasteiger partial charge is 0.324 e. The van der Waals surface area contributed by atoms with E-state index in [1.54, 1.807) is 0 Å². The summed E-state index contributed by atoms with van der Waals surface area (Å²) in [4.78, 5) is 7.60. The normalized spacial score (nSPS) is 12.4. The summed E-state index contributed by atoms with van der Waals surface area (Å²) >= 11 is 5.79. The standard InChI is InChI=1S/C9H8ClF4N5/c1-4-5(10)18-8-16-3-17-19(8)6(4)15-2-9(13,14)7(11)12/h3,7,15H,2H2,1H3. The summed E-state index contributed by atoms with van der Waals surface area (Å²) in [6, 6.07) is 0. The monoisotopic (exact) mass is 297 g/mol. The van der Waals surface area contributed by atoms with E-state index in [2.05, 4.69) is 20.4 Å². The maximum Gasteiger partial charge on any atom is 0.324 e. The van der Waals surface area contributed by atoms with Gasteiger partial charge in [0.15, 0.2) is 0 Å². The maximum atomic E-state index is 12.9. The fourth-order valence-electron chi connectivity index (χ4n) is 1.38. The van der Waals surface area contributed by atoms with Crippen molar-refractivity contribution >= 4 is 23.2 Å². The molecule has 2 aromatic rings. The van der Waals surface area contributed by atoms with Crippen molar-refractivity contribution < 1.29 is 17.6 Å². The molecule has 0 amide bonds. The minimum absolute atomic E-state index is 0.0309. The molecule has 19 heavy (non-hydrogen) atoms. The first-order valence-electron chi connectivity index (χ1n) is 5.08. The topological polar surface area (TPSA) is 55.1 Å². The van der Waals surface area contributed by atoms with Crippen molar-refractivity contribution in [3.63, 3.8) is 0 Å². The predicted octanol–water partition coefficient (Wildman–Crippen LogP) is 2.40. The quantitative estimate of drug-likeness (QED) is 0.695. The summed E-state index contributed by atoms with van der Waals surface area (Å²) in [6.07, 6.45) is -2.61. The van der Waals surface area contributed by atoms with E-state index < -0.39 is 18.9 Å². The SMILES string of the molecule is Cc1c(Cl)nc2ncnn2c1NCC(F)(F)C(F)F. The van der Waals surface area contributed by atoms with Crippen LogP contribution in [0.5, 0.6) is 0 Å². The molecule has 2 heterocycles. The van der Waals surface area contributed by atoms with E-state index in [4.69, 9.17) is 11.6 Å². The zero-order valence-corrected chi connectivity index (χ0v) is 10.3. The highest BCUT2D eigenvalue weighted by molar-refractivity contribution is 6.30. The molecule has 0 atom stereocenters. The summed E-state index contributed by atoms with van der Waals surface area (Å²) in [5.74, 6) is -4.03. The Hall–Kier alpha value is -1.64. The highest BCUT2D eigenvalue weighted by Gasteiger charge is 2.40. The first kappa shape index (κ1) is 13.8. The molecule has 2 rings (SSSR count). The molecule has 0 saturated carbocycles. The van der Waals surface area contributed by atoms with Crippen LogP contribution in [0.2, 0.25) is 5.15 Å². The highest BCUT2D eigenvalue weighted by atomic mass is 35.5. The van der Waals surface area contributed by atoms with E-state index >= 15 is 0 Å². The van der Waals surface area contributed by atoms with Gasteiger partial charge in [-0.3, -0.25) is 0 Å². The molecule has 0 saturated heterocycles. The van der Waals surface area contributed by atoms with E-state index in [1.165, 1.54) is 6.92 Å². The van der Waals surface area contributed by atoms with E-state index in [0.717, 1.165) is 10.8 Å². The molecule has 0 radical (unpaired) electrons. The Kier molecular flexibility index (Phi) is 3.48. The second-order valence-electron chi connectivity index (χ2n) is 3.76. The van der Waals surface area contributed by atoms with Crippen LogP contribution in [-0.2, 0) is 0 Å². The number of alkyl halides is 4. The molecule has 0 aliphatic carbocycles. The van der Waals surface area contributed by atoms with Gasteiger partial charge in [-0.15, -0.1) is 0 Å². The Balaban J connectivity index is 2.35. The summed E-state index contributed by atoms with van der Waals surface area (Å²) in [5.41, 5.74) is 0.310. The Morgan fingerprint density at radius 1 is 1.47 bits per heavy atom. The maximum absolute atomic E-state index is 12.9. The summed E-state index contributed by atoms with van der Waals surface area (Å²) in [7, 11) is 0. The van der Waals surface area contributed by atoms with Crippen LogP contribution >= 0.6 is 11.6 Å². The number of fused-ring (bicyclic) bond motifs is 1. The van der Waals surface area contributed by atoms with Gasteiger partial charge < -0.3 is 5.32 Å². The van der Waals surface area contributed by atoms with Gasteiger partial charge in [0.05, 0.1) is 6.54 Å². The number of aromatic nitrogens is 4. The van der Waals surface area contributed by atoms with E-state index in [-0.39, 0.29) is 16.7 Å². The number of anilines is 1. The minimum Gasteiger partial charge on any atom is -0.363 e. The average molecular weight is 298 g/mol. The molecule has 104 valence electrons. The van der Waals surface area contributed by atoms with E-state index in [1.807, 2.05) is 0 Å². The van der Waals surface area contributed by atoms with Crippen LogP contribution in [0.25, 0.3) is 5.78 Å². The molecular weight excluding hydrogens is 290 g/mol. The first-order valence-corrected chi connectivity index (χ1v) is 5.46. The zero-order chi connectivity index (χ0) is 14.2. The largest absolute Gasteiger partial charge is 0.363 e. The van der Waals surface area contributed by atoms with Gasteiger partial charge in [0, 0.05) is 5.56 Å². The first-order chi connectivity index (χ1) is 8.83. The molecule has 10 heteroatoms. The second kappa shape index (κ2) is 4.80. The molecular formula is C9H8ClF4N5. The Labute approximate surface area is 109 Å². The number of hydrogen-bond donors (Lipinski definition) is 1. The minimum atomic E-state index is -4.16. The number of rotatable bonds is 4. The lowest BCUT2D eigenvalue weighted by atomic mass is 10.3. The molecule has 0 unspecified atom stereocenters. The van der Waals surface area contributed by atoms with Crippen molar-refractivity contribution in [1.82, 2.24) is 19.6 Å². The number of halogens is 5. The predicted molar refractivity (Wildman–Crippen MR) is 60.0 cm³/mol. The van der Waals surface area contributed by atoms with Crippen LogP contribution in [0.4, 0.5) is 23.4 Å². The summed E-state index contributed by atoms with van der Waals surface area (Å²) < 4.78 is 51.1. The third-order valence-electron chi connectivity index (χ3n) is 2.42. The van der Waals surface area contributed by atoms with Gasteiger partial charge in [-0.25, -0.2) is 8.78 Å². The van der Waals surface area contributed by atoms with Gasteiger partial charge in [0.2, 0.25) is 0 Å². The van der Waals surface area contributed by atoms with Crippen LogP contribution in [0.1, 0.15) is 5.56 Å². The lowest BCUT2D eigenvalue weighted by Gasteiger charge is -2.18. The van der Waals surface area contributed by atoms with Gasteiger partial charge in [-0.1, -0.05) is 11.6 Å². The molecule has 1 N–H and O–H groups in total. The van der Waals surface area contributed by atoms with E-state index in [0.29, 0.717) is 5.56 Å². The lowest BCUT2D eigenvalue weighted by Crippen LogP contribution is -2.35. The van der Waals surface area contributed by atoms with Crippen LogP contribution in [0.15, 0.2) is 6.33 Å². The van der Waals surface area contributed by atoms with Crippen molar-refractivity contribution in [2.24, 2.45) is 0 Å². The van der Waals surface area contributed by atoms with Gasteiger partial charge in [-0.2, -0.15) is 28.4 Å². The summed E-state index contributed by atoms with van der Waals surface area (Å²) in [5, 5.41) is 6.00. The Morgan fingerprint density at radius 3 is 2.79 bits per heavy atom. The molecule has 0 aliphatic rings. The average Bonchev–Trinajstić information content (AvgIpc) is 2.77. The summed E-state index contributed by atoms with van der Waals surface area (Å²) in [6.45, 7) is 0.250. The van der Waals surface area contributed by atoms with Gasteiger partial charge in [-0.05, 0) is 6.92 Å². The van der Waals surface area contributed by atoms with Crippen LogP contribution in [-0.4, -0.2) is 38.5 Å². The van der Waals surface area contributed by atoms with Crippen LogP contribution in [0, 0.1) is 6.92 Å². The number of nitrogens with one attached hydrogen (secondary N) is 1. The van der Waals surface area contributed by atoms with Crippen molar-refractivity contribution in [3.05, 3.63) is 17.0 Å².